The van der Waals surface area contributed by atoms with Gasteiger partial charge in [-0.2, -0.15) is 0 Å². The number of rotatable bonds is 5. The van der Waals surface area contributed by atoms with Crippen LogP contribution in [0.15, 0.2) is 60.7 Å². The zero-order valence-corrected chi connectivity index (χ0v) is 16.0. The van der Waals surface area contributed by atoms with Crippen LogP contribution in [0, 0.1) is 18.8 Å². The molecule has 2 amide bonds. The maximum Gasteiger partial charge on any atom is 0.321 e. The van der Waals surface area contributed by atoms with Gasteiger partial charge in [-0.15, -0.1) is 0 Å². The van der Waals surface area contributed by atoms with E-state index in [1.165, 1.54) is 4.90 Å². The van der Waals surface area contributed by atoms with Crippen molar-refractivity contribution in [2.75, 3.05) is 6.54 Å². The molecule has 0 aromatic heterocycles. The normalized spacial score (nSPS) is 26.3. The van der Waals surface area contributed by atoms with Crippen LogP contribution in [0.1, 0.15) is 22.7 Å². The van der Waals surface area contributed by atoms with Crippen LogP contribution in [0.4, 0.5) is 0 Å². The average molecular weight is 390 g/mol. The molecule has 2 fully saturated rings. The third-order valence-electron chi connectivity index (χ3n) is 5.75. The zero-order valence-electron chi connectivity index (χ0n) is 16.0. The van der Waals surface area contributed by atoms with E-state index in [0.29, 0.717) is 0 Å². The van der Waals surface area contributed by atoms with Crippen molar-refractivity contribution >= 4 is 23.9 Å². The summed E-state index contributed by atoms with van der Waals surface area (Å²) in [5.74, 6) is -3.46. The number of benzene rings is 2. The number of aliphatic carboxylic acids is 1. The van der Waals surface area contributed by atoms with E-state index < -0.39 is 35.8 Å². The Bertz CT molecular complexity index is 985. The zero-order chi connectivity index (χ0) is 20.5. The van der Waals surface area contributed by atoms with Gasteiger partial charge in [0.05, 0.1) is 11.8 Å². The molecule has 29 heavy (non-hydrogen) atoms. The van der Waals surface area contributed by atoms with Crippen LogP contribution in [0.5, 0.6) is 0 Å². The third kappa shape index (κ3) is 3.36. The third-order valence-corrected chi connectivity index (χ3v) is 5.75. The van der Waals surface area contributed by atoms with Crippen LogP contribution in [0.3, 0.4) is 0 Å². The molecule has 2 N–H and O–H groups in total. The van der Waals surface area contributed by atoms with Crippen molar-refractivity contribution in [1.29, 1.82) is 0 Å². The number of carboxylic acid groups (broad SMARTS) is 1. The Morgan fingerprint density at radius 2 is 1.69 bits per heavy atom. The monoisotopic (exact) mass is 390 g/mol. The van der Waals surface area contributed by atoms with Gasteiger partial charge in [-0.25, -0.2) is 0 Å². The molecule has 0 bridgehead atoms. The molecular weight excluding hydrogens is 368 g/mol. The molecule has 4 atom stereocenters. The first-order valence-corrected chi connectivity index (χ1v) is 9.60. The van der Waals surface area contributed by atoms with Gasteiger partial charge in [0.15, 0.2) is 0 Å². The van der Waals surface area contributed by atoms with E-state index in [4.69, 9.17) is 0 Å². The van der Waals surface area contributed by atoms with Crippen molar-refractivity contribution in [2.45, 2.75) is 19.0 Å². The Labute approximate surface area is 168 Å². The van der Waals surface area contributed by atoms with Gasteiger partial charge >= 0.3 is 5.97 Å². The van der Waals surface area contributed by atoms with Crippen molar-refractivity contribution in [3.8, 4) is 0 Å². The first-order valence-electron chi connectivity index (χ1n) is 9.60. The Morgan fingerprint density at radius 3 is 2.38 bits per heavy atom. The largest absolute Gasteiger partial charge is 0.480 e. The van der Waals surface area contributed by atoms with E-state index in [0.717, 1.165) is 16.7 Å². The second-order valence-electron chi connectivity index (χ2n) is 7.47. The molecule has 2 aromatic rings. The second kappa shape index (κ2) is 7.64. The Morgan fingerprint density at radius 1 is 1.03 bits per heavy atom. The summed E-state index contributed by atoms with van der Waals surface area (Å²) in [5.41, 5.74) is 2.78. The standard InChI is InChI=1S/C23H22N2O4/c1-14-8-5-6-12-16(14)19-17-18(20(24-19)23(28)29)22(27)25(21(17)26)13-7-11-15-9-3-2-4-10-15/h2-12,17-20,24H,13H2,1H3,(H,28,29)/b11-7+. The van der Waals surface area contributed by atoms with Crippen molar-refractivity contribution in [3.05, 3.63) is 77.4 Å². The van der Waals surface area contributed by atoms with Crippen LogP contribution in [-0.4, -0.2) is 40.4 Å². The fourth-order valence-electron chi connectivity index (χ4n) is 4.36. The van der Waals surface area contributed by atoms with Crippen LogP contribution in [-0.2, 0) is 14.4 Å². The Balaban J connectivity index is 1.62. The maximum atomic E-state index is 13.1. The Hall–Kier alpha value is -3.25. The summed E-state index contributed by atoms with van der Waals surface area (Å²) in [6.07, 6.45) is 3.61. The molecular formula is C23H22N2O4. The number of likely N-dealkylation sites (tertiary alicyclic amines) is 1. The molecule has 6 heteroatoms. The predicted molar refractivity (Wildman–Crippen MR) is 108 cm³/mol. The lowest BCUT2D eigenvalue weighted by molar-refractivity contribution is -0.145. The molecule has 4 unspecified atom stereocenters. The van der Waals surface area contributed by atoms with Crippen molar-refractivity contribution in [3.63, 3.8) is 0 Å². The first kappa shape index (κ1) is 19.1. The van der Waals surface area contributed by atoms with E-state index in [1.54, 1.807) is 6.08 Å². The van der Waals surface area contributed by atoms with Crippen molar-refractivity contribution in [1.82, 2.24) is 10.2 Å². The minimum absolute atomic E-state index is 0.131. The molecule has 0 saturated carbocycles. The molecule has 2 heterocycles. The number of nitrogens with zero attached hydrogens (tertiary/aromatic N) is 1. The van der Waals surface area contributed by atoms with Crippen LogP contribution in [0.2, 0.25) is 0 Å². The highest BCUT2D eigenvalue weighted by atomic mass is 16.4. The maximum absolute atomic E-state index is 13.1. The molecule has 6 nitrogen and oxygen atoms in total. The number of hydrogen-bond donors (Lipinski definition) is 2. The molecule has 2 aliphatic heterocycles. The van der Waals surface area contributed by atoms with Crippen molar-refractivity contribution in [2.24, 2.45) is 11.8 Å². The molecule has 2 aromatic carbocycles. The predicted octanol–water partition coefficient (Wildman–Crippen LogP) is 2.41. The summed E-state index contributed by atoms with van der Waals surface area (Å²) in [5, 5.41) is 12.7. The highest BCUT2D eigenvalue weighted by Crippen LogP contribution is 2.44. The number of carboxylic acids is 1. The molecule has 0 aliphatic carbocycles. The smallest absolute Gasteiger partial charge is 0.321 e. The van der Waals surface area contributed by atoms with Crippen molar-refractivity contribution < 1.29 is 19.5 Å². The fraction of sp³-hybridized carbons (Fsp3) is 0.261. The number of nitrogens with one attached hydrogen (secondary N) is 1. The summed E-state index contributed by atoms with van der Waals surface area (Å²) in [4.78, 5) is 39.1. The second-order valence-corrected chi connectivity index (χ2v) is 7.47. The molecule has 0 spiro atoms. The quantitative estimate of drug-likeness (QED) is 0.766. The van der Waals surface area contributed by atoms with E-state index >= 15 is 0 Å². The summed E-state index contributed by atoms with van der Waals surface area (Å²) in [6, 6.07) is 15.6. The minimum Gasteiger partial charge on any atom is -0.480 e. The fourth-order valence-corrected chi connectivity index (χ4v) is 4.36. The molecule has 2 saturated heterocycles. The van der Waals surface area contributed by atoms with Crippen LogP contribution >= 0.6 is 0 Å². The van der Waals surface area contributed by atoms with Gasteiger partial charge in [-0.3, -0.25) is 24.6 Å². The van der Waals surface area contributed by atoms with E-state index in [-0.39, 0.29) is 12.5 Å². The van der Waals surface area contributed by atoms with Gasteiger partial charge in [0.1, 0.15) is 6.04 Å². The summed E-state index contributed by atoms with van der Waals surface area (Å²) in [7, 11) is 0. The number of aryl methyl sites for hydroxylation is 1. The number of carbonyl (C=O) groups excluding carboxylic acids is 2. The highest BCUT2D eigenvalue weighted by Gasteiger charge is 2.60. The van der Waals surface area contributed by atoms with Gasteiger partial charge in [0.25, 0.3) is 0 Å². The van der Waals surface area contributed by atoms with Gasteiger partial charge < -0.3 is 5.11 Å². The summed E-state index contributed by atoms with van der Waals surface area (Å²) < 4.78 is 0. The minimum atomic E-state index is -1.11. The molecule has 4 rings (SSSR count). The number of hydrogen-bond acceptors (Lipinski definition) is 4. The topological polar surface area (TPSA) is 86.7 Å². The van der Waals surface area contributed by atoms with Gasteiger partial charge in [-0.1, -0.05) is 66.7 Å². The van der Waals surface area contributed by atoms with Gasteiger partial charge in [0.2, 0.25) is 11.8 Å². The summed E-state index contributed by atoms with van der Waals surface area (Å²) in [6.45, 7) is 2.05. The lowest BCUT2D eigenvalue weighted by Crippen LogP contribution is -2.43. The van der Waals surface area contributed by atoms with Crippen LogP contribution < -0.4 is 5.32 Å². The van der Waals surface area contributed by atoms with E-state index in [1.807, 2.05) is 67.6 Å². The van der Waals surface area contributed by atoms with Crippen LogP contribution in [0.25, 0.3) is 6.08 Å². The lowest BCUT2D eigenvalue weighted by Gasteiger charge is -2.21. The Kier molecular flexibility index (Phi) is 5.03. The van der Waals surface area contributed by atoms with E-state index in [9.17, 15) is 19.5 Å². The molecule has 148 valence electrons. The lowest BCUT2D eigenvalue weighted by atomic mass is 9.85. The number of imide groups is 1. The van der Waals surface area contributed by atoms with E-state index in [2.05, 4.69) is 5.32 Å². The SMILES string of the molecule is Cc1ccccc1C1NC(C(=O)O)C2C(=O)N(C/C=C/c3ccccc3)C(=O)C12. The average Bonchev–Trinajstić information content (AvgIpc) is 3.22. The summed E-state index contributed by atoms with van der Waals surface area (Å²) >= 11 is 0. The highest BCUT2D eigenvalue weighted by molar-refractivity contribution is 6.08. The van der Waals surface area contributed by atoms with Gasteiger partial charge in [-0.05, 0) is 23.6 Å². The molecule has 0 radical (unpaired) electrons. The number of carbonyl (C=O) groups is 3. The molecule has 2 aliphatic rings. The first-order chi connectivity index (χ1) is 14.0. The number of fused-ring (bicyclic) bond motifs is 1. The van der Waals surface area contributed by atoms with Gasteiger partial charge in [0, 0.05) is 12.6 Å². The number of amides is 2.